The van der Waals surface area contributed by atoms with Crippen LogP contribution in [0.2, 0.25) is 0 Å². The molecule has 0 aliphatic carbocycles. The molecular formula is C17H17N3O3. The molecule has 0 atom stereocenters. The van der Waals surface area contributed by atoms with E-state index in [4.69, 9.17) is 0 Å². The molecule has 0 unspecified atom stereocenters. The van der Waals surface area contributed by atoms with Gasteiger partial charge in [-0.3, -0.25) is 14.4 Å². The average molecular weight is 311 g/mol. The molecule has 1 heterocycles. The molecule has 0 spiro atoms. The van der Waals surface area contributed by atoms with E-state index in [0.29, 0.717) is 22.5 Å². The van der Waals surface area contributed by atoms with Crippen molar-refractivity contribution in [3.8, 4) is 0 Å². The summed E-state index contributed by atoms with van der Waals surface area (Å²) in [6, 6.07) is 13.9. The smallest absolute Gasteiger partial charge is 0.257 e. The van der Waals surface area contributed by atoms with Crippen LogP contribution in [0.4, 0.5) is 11.4 Å². The summed E-state index contributed by atoms with van der Waals surface area (Å²) in [7, 11) is 3.38. The van der Waals surface area contributed by atoms with E-state index in [1.165, 1.54) is 4.90 Å². The molecule has 0 fully saturated rings. The lowest BCUT2D eigenvalue weighted by atomic mass is 10.1. The molecule has 2 aromatic rings. The third-order valence-corrected chi connectivity index (χ3v) is 3.05. The van der Waals surface area contributed by atoms with Crippen molar-refractivity contribution in [2.24, 2.45) is 0 Å². The Morgan fingerprint density at radius 3 is 1.48 bits per heavy atom. The summed E-state index contributed by atoms with van der Waals surface area (Å²) >= 11 is 0. The number of benzene rings is 2. The standard InChI is InChI=1S/C14H10N2O2.C3H7NO/c17-13-9-5-1-3-7-11(9)15-14(18)10-6-2-4-8-12(10)16-13;1-4(2)3-5/h1-8H,(H,15,18)(H,16,17);3H,1-2H3. The quantitative estimate of drug-likeness (QED) is 0.793. The molecule has 3 amide bonds. The first-order valence-corrected chi connectivity index (χ1v) is 6.95. The van der Waals surface area contributed by atoms with Crippen LogP contribution in [0.3, 0.4) is 0 Å². The predicted molar refractivity (Wildman–Crippen MR) is 88.5 cm³/mol. The summed E-state index contributed by atoms with van der Waals surface area (Å²) < 4.78 is 0. The van der Waals surface area contributed by atoms with Crippen LogP contribution in [0.1, 0.15) is 20.7 Å². The zero-order chi connectivity index (χ0) is 16.8. The van der Waals surface area contributed by atoms with E-state index < -0.39 is 0 Å². The number of carbonyl (C=O) groups excluding carboxylic acids is 3. The summed E-state index contributed by atoms with van der Waals surface area (Å²) in [6.07, 6.45) is 0.750. The lowest BCUT2D eigenvalue weighted by Gasteiger charge is -2.17. The lowest BCUT2D eigenvalue weighted by molar-refractivity contribution is -0.115. The highest BCUT2D eigenvalue weighted by molar-refractivity contribution is 6.18. The van der Waals surface area contributed by atoms with E-state index in [-0.39, 0.29) is 11.8 Å². The van der Waals surface area contributed by atoms with Crippen LogP contribution in [0.15, 0.2) is 48.5 Å². The summed E-state index contributed by atoms with van der Waals surface area (Å²) in [5.41, 5.74) is 1.96. The van der Waals surface area contributed by atoms with Gasteiger partial charge >= 0.3 is 0 Å². The second kappa shape index (κ2) is 7.22. The molecule has 0 saturated carbocycles. The van der Waals surface area contributed by atoms with E-state index in [1.807, 2.05) is 0 Å². The SMILES string of the molecule is CN(C)C=O.O=C1Nc2ccccc2C(=O)Nc2ccccc21. The molecular weight excluding hydrogens is 294 g/mol. The van der Waals surface area contributed by atoms with Crippen LogP contribution in [-0.2, 0) is 4.79 Å². The summed E-state index contributed by atoms with van der Waals surface area (Å²) in [5, 5.41) is 5.50. The van der Waals surface area contributed by atoms with Gasteiger partial charge in [0, 0.05) is 14.1 Å². The van der Waals surface area contributed by atoms with Gasteiger partial charge in [0.25, 0.3) is 11.8 Å². The predicted octanol–water partition coefficient (Wildman–Crippen LogP) is 2.21. The molecule has 0 saturated heterocycles. The first kappa shape index (κ1) is 16.2. The van der Waals surface area contributed by atoms with Crippen LogP contribution in [0.5, 0.6) is 0 Å². The fourth-order valence-corrected chi connectivity index (χ4v) is 1.96. The van der Waals surface area contributed by atoms with E-state index in [9.17, 15) is 14.4 Å². The first-order valence-electron chi connectivity index (χ1n) is 6.95. The van der Waals surface area contributed by atoms with Gasteiger partial charge in [0.2, 0.25) is 6.41 Å². The highest BCUT2D eigenvalue weighted by Gasteiger charge is 2.20. The number of hydrogen-bond donors (Lipinski definition) is 2. The van der Waals surface area contributed by atoms with E-state index in [1.54, 1.807) is 62.6 Å². The number of nitrogens with one attached hydrogen (secondary N) is 2. The molecule has 1 aliphatic rings. The van der Waals surface area contributed by atoms with Gasteiger partial charge in [0.05, 0.1) is 22.5 Å². The van der Waals surface area contributed by atoms with E-state index in [0.717, 1.165) is 6.41 Å². The van der Waals surface area contributed by atoms with Crippen molar-refractivity contribution < 1.29 is 14.4 Å². The van der Waals surface area contributed by atoms with Crippen molar-refractivity contribution in [1.82, 2.24) is 4.90 Å². The Labute approximate surface area is 134 Å². The van der Waals surface area contributed by atoms with Crippen LogP contribution in [0, 0.1) is 0 Å². The molecule has 0 radical (unpaired) electrons. The van der Waals surface area contributed by atoms with E-state index >= 15 is 0 Å². The maximum atomic E-state index is 12.1. The first-order chi connectivity index (χ1) is 11.0. The number of carbonyl (C=O) groups is 3. The van der Waals surface area contributed by atoms with Gasteiger partial charge in [-0.05, 0) is 24.3 Å². The summed E-state index contributed by atoms with van der Waals surface area (Å²) in [5.74, 6) is -0.448. The molecule has 118 valence electrons. The Morgan fingerprint density at radius 1 is 0.783 bits per heavy atom. The van der Waals surface area contributed by atoms with Crippen molar-refractivity contribution in [2.75, 3.05) is 24.7 Å². The Bertz CT molecular complexity index is 684. The molecule has 3 rings (SSSR count). The van der Waals surface area contributed by atoms with Gasteiger partial charge in [-0.15, -0.1) is 0 Å². The normalized spacial score (nSPS) is 12.1. The summed E-state index contributed by atoms with van der Waals surface area (Å²) in [4.78, 5) is 35.0. The van der Waals surface area contributed by atoms with Crippen LogP contribution in [-0.4, -0.2) is 37.2 Å². The maximum Gasteiger partial charge on any atom is 0.257 e. The topological polar surface area (TPSA) is 78.5 Å². The maximum absolute atomic E-state index is 12.1. The Morgan fingerprint density at radius 2 is 1.13 bits per heavy atom. The minimum absolute atomic E-state index is 0.224. The van der Waals surface area contributed by atoms with Crippen LogP contribution < -0.4 is 10.6 Å². The molecule has 2 N–H and O–H groups in total. The number of rotatable bonds is 1. The van der Waals surface area contributed by atoms with Gasteiger partial charge in [-0.25, -0.2) is 0 Å². The van der Waals surface area contributed by atoms with E-state index in [2.05, 4.69) is 10.6 Å². The highest BCUT2D eigenvalue weighted by Crippen LogP contribution is 2.24. The fraction of sp³-hybridized carbons (Fsp3) is 0.118. The number of anilines is 2. The second-order valence-electron chi connectivity index (χ2n) is 5.07. The number of para-hydroxylation sites is 2. The van der Waals surface area contributed by atoms with Gasteiger partial charge < -0.3 is 15.5 Å². The molecule has 23 heavy (non-hydrogen) atoms. The van der Waals surface area contributed by atoms with Gasteiger partial charge in [-0.2, -0.15) is 0 Å². The zero-order valence-electron chi connectivity index (χ0n) is 12.9. The van der Waals surface area contributed by atoms with Crippen molar-refractivity contribution in [3.05, 3.63) is 59.7 Å². The van der Waals surface area contributed by atoms with Crippen molar-refractivity contribution in [3.63, 3.8) is 0 Å². The zero-order valence-corrected chi connectivity index (χ0v) is 12.9. The third kappa shape index (κ3) is 3.94. The Balaban J connectivity index is 0.000000338. The van der Waals surface area contributed by atoms with Crippen molar-refractivity contribution >= 4 is 29.6 Å². The van der Waals surface area contributed by atoms with Gasteiger partial charge in [-0.1, -0.05) is 24.3 Å². The molecule has 0 bridgehead atoms. The lowest BCUT2D eigenvalue weighted by Crippen LogP contribution is -2.23. The number of amides is 3. The average Bonchev–Trinajstić information content (AvgIpc) is 2.55. The van der Waals surface area contributed by atoms with Crippen molar-refractivity contribution in [2.45, 2.75) is 0 Å². The minimum atomic E-state index is -0.224. The molecule has 6 nitrogen and oxygen atoms in total. The van der Waals surface area contributed by atoms with Gasteiger partial charge in [0.1, 0.15) is 0 Å². The van der Waals surface area contributed by atoms with Crippen LogP contribution >= 0.6 is 0 Å². The molecule has 6 heteroatoms. The molecule has 2 aromatic carbocycles. The highest BCUT2D eigenvalue weighted by atomic mass is 16.2. The molecule has 1 aliphatic heterocycles. The summed E-state index contributed by atoms with van der Waals surface area (Å²) in [6.45, 7) is 0. The van der Waals surface area contributed by atoms with Crippen LogP contribution in [0.25, 0.3) is 0 Å². The Kier molecular flexibility index (Phi) is 5.09. The Hall–Kier alpha value is -3.15. The number of hydrogen-bond acceptors (Lipinski definition) is 3. The second-order valence-corrected chi connectivity index (χ2v) is 5.07. The number of nitrogens with zero attached hydrogens (tertiary/aromatic N) is 1. The largest absolute Gasteiger partial charge is 0.351 e. The molecule has 0 aromatic heterocycles. The minimum Gasteiger partial charge on any atom is -0.351 e. The monoisotopic (exact) mass is 311 g/mol. The van der Waals surface area contributed by atoms with Gasteiger partial charge in [0.15, 0.2) is 0 Å². The fourth-order valence-electron chi connectivity index (χ4n) is 1.96. The number of fused-ring (bicyclic) bond motifs is 2. The van der Waals surface area contributed by atoms with Crippen molar-refractivity contribution in [1.29, 1.82) is 0 Å². The third-order valence-electron chi connectivity index (χ3n) is 3.05.